The van der Waals surface area contributed by atoms with Crippen LogP contribution in [0.15, 0.2) is 24.3 Å². The highest BCUT2D eigenvalue weighted by molar-refractivity contribution is 5.77. The minimum Gasteiger partial charge on any atom is -0.494 e. The monoisotopic (exact) mass is 337 g/mol. The molecule has 0 unspecified atom stereocenters. The summed E-state index contributed by atoms with van der Waals surface area (Å²) < 4.78 is 11.0. The van der Waals surface area contributed by atoms with E-state index in [2.05, 4.69) is 24.5 Å². The van der Waals surface area contributed by atoms with Crippen molar-refractivity contribution in [3.8, 4) is 5.75 Å². The second-order valence-corrected chi connectivity index (χ2v) is 7.05. The van der Waals surface area contributed by atoms with E-state index in [0.29, 0.717) is 13.2 Å². The molecule has 0 fully saturated rings. The van der Waals surface area contributed by atoms with Gasteiger partial charge in [-0.3, -0.25) is 4.79 Å². The molecule has 0 saturated carbocycles. The van der Waals surface area contributed by atoms with E-state index in [1.54, 1.807) is 13.8 Å². The van der Waals surface area contributed by atoms with Crippen LogP contribution in [0.3, 0.4) is 0 Å². The Bertz CT molecular complexity index is 507. The van der Waals surface area contributed by atoms with Crippen LogP contribution in [0.5, 0.6) is 5.75 Å². The molecule has 0 radical (unpaired) electrons. The summed E-state index contributed by atoms with van der Waals surface area (Å²) in [5.41, 5.74) is 5.91. The summed E-state index contributed by atoms with van der Waals surface area (Å²) >= 11 is 0. The van der Waals surface area contributed by atoms with Gasteiger partial charge in [0.2, 0.25) is 5.91 Å². The highest BCUT2D eigenvalue weighted by Gasteiger charge is 2.14. The van der Waals surface area contributed by atoms with Crippen LogP contribution in [-0.2, 0) is 16.1 Å². The lowest BCUT2D eigenvalue weighted by Gasteiger charge is -2.23. The molecule has 0 saturated heterocycles. The van der Waals surface area contributed by atoms with Gasteiger partial charge in [0.05, 0.1) is 6.61 Å². The van der Waals surface area contributed by atoms with Crippen molar-refractivity contribution in [1.82, 2.24) is 10.6 Å². The average molecular weight is 337 g/mol. The average Bonchev–Trinajstić information content (AvgIpc) is 2.51. The van der Waals surface area contributed by atoms with E-state index in [4.69, 9.17) is 15.2 Å². The van der Waals surface area contributed by atoms with Gasteiger partial charge in [0.1, 0.15) is 18.1 Å². The second-order valence-electron chi connectivity index (χ2n) is 7.05. The van der Waals surface area contributed by atoms with Gasteiger partial charge >= 0.3 is 0 Å². The van der Waals surface area contributed by atoms with Crippen molar-refractivity contribution < 1.29 is 14.3 Å². The molecule has 1 amide bonds. The zero-order valence-electron chi connectivity index (χ0n) is 15.4. The van der Waals surface area contributed by atoms with Crippen molar-refractivity contribution >= 4 is 5.91 Å². The van der Waals surface area contributed by atoms with Crippen LogP contribution in [-0.4, -0.2) is 37.4 Å². The standard InChI is InChI=1S/C18H31N3O3/c1-17(2,20-5)10-11-23-15-8-6-14(7-9-15)12-21-16(22)13-24-18(3,4)19/h6-9,20H,10-13,19H2,1-5H3,(H,21,22). The Morgan fingerprint density at radius 1 is 1.17 bits per heavy atom. The molecular weight excluding hydrogens is 306 g/mol. The Hall–Kier alpha value is -1.63. The highest BCUT2D eigenvalue weighted by atomic mass is 16.5. The van der Waals surface area contributed by atoms with E-state index in [0.717, 1.165) is 17.7 Å². The number of rotatable bonds is 10. The molecule has 0 atom stereocenters. The zero-order chi connectivity index (χ0) is 18.2. The fourth-order valence-corrected chi connectivity index (χ4v) is 1.76. The lowest BCUT2D eigenvalue weighted by molar-refractivity contribution is -0.131. The summed E-state index contributed by atoms with van der Waals surface area (Å²) in [4.78, 5) is 11.7. The summed E-state index contributed by atoms with van der Waals surface area (Å²) in [7, 11) is 1.95. The van der Waals surface area contributed by atoms with Gasteiger partial charge in [0.25, 0.3) is 0 Å². The molecule has 0 aromatic heterocycles. The van der Waals surface area contributed by atoms with E-state index in [9.17, 15) is 4.79 Å². The number of ether oxygens (including phenoxy) is 2. The molecule has 0 spiro atoms. The third kappa shape index (κ3) is 8.86. The SMILES string of the molecule is CNC(C)(C)CCOc1ccc(CNC(=O)COC(C)(C)N)cc1. The fourth-order valence-electron chi connectivity index (χ4n) is 1.76. The first-order valence-corrected chi connectivity index (χ1v) is 8.21. The molecule has 24 heavy (non-hydrogen) atoms. The summed E-state index contributed by atoms with van der Waals surface area (Å²) in [5.74, 6) is 0.633. The molecule has 0 aliphatic rings. The minimum absolute atomic E-state index is 0.0497. The van der Waals surface area contributed by atoms with Crippen LogP contribution in [0.25, 0.3) is 0 Å². The molecule has 6 heteroatoms. The fraction of sp³-hybridized carbons (Fsp3) is 0.611. The number of carbonyl (C=O) groups excluding carboxylic acids is 1. The van der Waals surface area contributed by atoms with Crippen LogP contribution in [0, 0.1) is 0 Å². The Kier molecular flexibility index (Phi) is 7.66. The van der Waals surface area contributed by atoms with E-state index in [-0.39, 0.29) is 18.1 Å². The molecule has 4 N–H and O–H groups in total. The predicted molar refractivity (Wildman–Crippen MR) is 95.8 cm³/mol. The van der Waals surface area contributed by atoms with Gasteiger partial charge in [0.15, 0.2) is 0 Å². The highest BCUT2D eigenvalue weighted by Crippen LogP contribution is 2.14. The van der Waals surface area contributed by atoms with Crippen LogP contribution >= 0.6 is 0 Å². The maximum absolute atomic E-state index is 11.7. The predicted octanol–water partition coefficient (Wildman–Crippen LogP) is 1.78. The molecule has 0 aliphatic heterocycles. The van der Waals surface area contributed by atoms with Crippen LogP contribution in [0.4, 0.5) is 0 Å². The van der Waals surface area contributed by atoms with Crippen molar-refractivity contribution in [2.24, 2.45) is 5.73 Å². The van der Waals surface area contributed by atoms with Gasteiger partial charge in [-0.2, -0.15) is 0 Å². The normalized spacial score (nSPS) is 12.1. The molecule has 1 rings (SSSR count). The molecular formula is C18H31N3O3. The maximum Gasteiger partial charge on any atom is 0.246 e. The van der Waals surface area contributed by atoms with E-state index in [1.807, 2.05) is 31.3 Å². The van der Waals surface area contributed by atoms with Gasteiger partial charge in [-0.15, -0.1) is 0 Å². The summed E-state index contributed by atoms with van der Waals surface area (Å²) in [5, 5.41) is 6.04. The van der Waals surface area contributed by atoms with Gasteiger partial charge in [-0.25, -0.2) is 0 Å². The quantitative estimate of drug-likeness (QED) is 0.567. The van der Waals surface area contributed by atoms with E-state index >= 15 is 0 Å². The van der Waals surface area contributed by atoms with Crippen molar-refractivity contribution in [3.05, 3.63) is 29.8 Å². The second kappa shape index (κ2) is 9.01. The largest absolute Gasteiger partial charge is 0.494 e. The molecule has 0 heterocycles. The Labute approximate surface area is 145 Å². The number of benzene rings is 1. The molecule has 1 aromatic rings. The molecule has 136 valence electrons. The first kappa shape index (κ1) is 20.4. The topological polar surface area (TPSA) is 85.6 Å². The Balaban J connectivity index is 2.33. The zero-order valence-corrected chi connectivity index (χ0v) is 15.4. The van der Waals surface area contributed by atoms with Gasteiger partial charge in [-0.05, 0) is 58.9 Å². The van der Waals surface area contributed by atoms with Crippen molar-refractivity contribution in [1.29, 1.82) is 0 Å². The third-order valence-electron chi connectivity index (χ3n) is 3.66. The van der Waals surface area contributed by atoms with Gasteiger partial charge in [0, 0.05) is 12.1 Å². The van der Waals surface area contributed by atoms with Gasteiger partial charge < -0.3 is 25.8 Å². The van der Waals surface area contributed by atoms with Crippen molar-refractivity contribution in [2.75, 3.05) is 20.3 Å². The van der Waals surface area contributed by atoms with E-state index in [1.165, 1.54) is 0 Å². The molecule has 6 nitrogen and oxygen atoms in total. The summed E-state index contributed by atoms with van der Waals surface area (Å²) in [6.45, 7) is 8.73. The first-order valence-electron chi connectivity index (χ1n) is 8.21. The third-order valence-corrected chi connectivity index (χ3v) is 3.66. The van der Waals surface area contributed by atoms with Crippen LogP contribution in [0.2, 0.25) is 0 Å². The van der Waals surface area contributed by atoms with E-state index < -0.39 is 5.72 Å². The van der Waals surface area contributed by atoms with Gasteiger partial charge in [-0.1, -0.05) is 12.1 Å². The van der Waals surface area contributed by atoms with Crippen molar-refractivity contribution in [3.63, 3.8) is 0 Å². The molecule has 0 bridgehead atoms. The van der Waals surface area contributed by atoms with Crippen LogP contribution in [0.1, 0.15) is 39.7 Å². The lowest BCUT2D eigenvalue weighted by Crippen LogP contribution is -2.39. The lowest BCUT2D eigenvalue weighted by atomic mass is 10.0. The molecule has 0 aliphatic carbocycles. The number of nitrogens with two attached hydrogens (primary N) is 1. The summed E-state index contributed by atoms with van der Waals surface area (Å²) in [6, 6.07) is 7.69. The smallest absolute Gasteiger partial charge is 0.246 e. The number of hydrogen-bond donors (Lipinski definition) is 3. The Morgan fingerprint density at radius 2 is 1.79 bits per heavy atom. The Morgan fingerprint density at radius 3 is 2.33 bits per heavy atom. The van der Waals surface area contributed by atoms with Crippen molar-refractivity contribution in [2.45, 2.75) is 51.9 Å². The molecule has 1 aromatic carbocycles. The van der Waals surface area contributed by atoms with Crippen LogP contribution < -0.4 is 21.1 Å². The maximum atomic E-state index is 11.7. The number of hydrogen-bond acceptors (Lipinski definition) is 5. The minimum atomic E-state index is -0.807. The number of carbonyl (C=O) groups is 1. The summed E-state index contributed by atoms with van der Waals surface area (Å²) in [6.07, 6.45) is 0.915. The number of amides is 1. The number of nitrogens with one attached hydrogen (secondary N) is 2. The first-order chi connectivity index (χ1) is 11.1.